The van der Waals surface area contributed by atoms with E-state index < -0.39 is 10.5 Å². The topological polar surface area (TPSA) is 87.1 Å². The SMILES string of the molecule is CC(=O)N(C)c1cc(N=S(=O)=O)cc(N(C)C(C)=O)c1. The van der Waals surface area contributed by atoms with E-state index in [0.717, 1.165) is 0 Å². The minimum absolute atomic E-state index is 0.145. The van der Waals surface area contributed by atoms with Crippen molar-refractivity contribution in [2.24, 2.45) is 4.36 Å². The second-order valence-corrected chi connectivity index (χ2v) is 4.79. The predicted octanol–water partition coefficient (Wildman–Crippen LogP) is 1.35. The summed E-state index contributed by atoms with van der Waals surface area (Å²) in [7, 11) is 0.485. The molecule has 1 aromatic carbocycles. The molecule has 0 aliphatic heterocycles. The Bertz CT molecular complexity index is 636. The molecule has 0 heterocycles. The molecule has 108 valence electrons. The minimum Gasteiger partial charge on any atom is -0.316 e. The lowest BCUT2D eigenvalue weighted by atomic mass is 10.2. The van der Waals surface area contributed by atoms with E-state index in [1.54, 1.807) is 20.2 Å². The molecule has 0 atom stereocenters. The van der Waals surface area contributed by atoms with E-state index in [1.807, 2.05) is 0 Å². The second-order valence-electron chi connectivity index (χ2n) is 4.17. The normalized spacial score (nSPS) is 9.80. The van der Waals surface area contributed by atoms with Gasteiger partial charge < -0.3 is 9.80 Å². The number of rotatable bonds is 3. The van der Waals surface area contributed by atoms with Crippen molar-refractivity contribution in [2.75, 3.05) is 23.9 Å². The number of carbonyl (C=O) groups is 2. The summed E-state index contributed by atoms with van der Waals surface area (Å²) in [6.45, 7) is 2.76. The highest BCUT2D eigenvalue weighted by Crippen LogP contribution is 2.29. The van der Waals surface area contributed by atoms with Gasteiger partial charge in [0.2, 0.25) is 11.8 Å². The Morgan fingerprint density at radius 3 is 1.65 bits per heavy atom. The van der Waals surface area contributed by atoms with E-state index in [-0.39, 0.29) is 17.5 Å². The van der Waals surface area contributed by atoms with Crippen LogP contribution in [-0.2, 0) is 20.1 Å². The van der Waals surface area contributed by atoms with Crippen LogP contribution in [0.25, 0.3) is 0 Å². The van der Waals surface area contributed by atoms with E-state index in [9.17, 15) is 18.0 Å². The zero-order valence-corrected chi connectivity index (χ0v) is 12.4. The summed E-state index contributed by atoms with van der Waals surface area (Å²) >= 11 is 0. The molecular weight excluding hydrogens is 282 g/mol. The number of amides is 2. The van der Waals surface area contributed by atoms with Gasteiger partial charge in [0.1, 0.15) is 0 Å². The third-order valence-electron chi connectivity index (χ3n) is 2.79. The molecule has 0 aromatic heterocycles. The molecule has 0 aliphatic rings. The molecule has 0 unspecified atom stereocenters. The summed E-state index contributed by atoms with van der Waals surface area (Å²) in [5.74, 6) is -0.441. The quantitative estimate of drug-likeness (QED) is 0.842. The van der Waals surface area contributed by atoms with Crippen molar-refractivity contribution in [3.05, 3.63) is 18.2 Å². The maximum Gasteiger partial charge on any atom is 0.316 e. The Morgan fingerprint density at radius 2 is 1.35 bits per heavy atom. The summed E-state index contributed by atoms with van der Waals surface area (Å²) in [6.07, 6.45) is 0. The highest BCUT2D eigenvalue weighted by atomic mass is 32.2. The van der Waals surface area contributed by atoms with Crippen LogP contribution in [0.3, 0.4) is 0 Å². The second kappa shape index (κ2) is 6.29. The van der Waals surface area contributed by atoms with Crippen LogP contribution in [-0.4, -0.2) is 34.3 Å². The summed E-state index contributed by atoms with van der Waals surface area (Å²) in [6, 6.07) is 4.51. The molecule has 0 saturated heterocycles. The molecule has 0 fully saturated rings. The Labute approximate surface area is 118 Å². The summed E-state index contributed by atoms with van der Waals surface area (Å²) in [5.41, 5.74) is 1.05. The first-order chi connectivity index (χ1) is 9.22. The number of nitrogens with zero attached hydrogens (tertiary/aromatic N) is 3. The van der Waals surface area contributed by atoms with E-state index in [0.29, 0.717) is 11.4 Å². The Kier molecular flexibility index (Phi) is 4.98. The molecule has 0 saturated carbocycles. The van der Waals surface area contributed by atoms with Gasteiger partial charge in [0.15, 0.2) is 0 Å². The zero-order valence-electron chi connectivity index (χ0n) is 11.6. The van der Waals surface area contributed by atoms with Crippen molar-refractivity contribution in [1.82, 2.24) is 0 Å². The molecular formula is C12H15N3O4S. The number of benzene rings is 1. The number of anilines is 2. The summed E-state index contributed by atoms with van der Waals surface area (Å²) < 4.78 is 24.7. The van der Waals surface area contributed by atoms with Crippen molar-refractivity contribution < 1.29 is 18.0 Å². The van der Waals surface area contributed by atoms with Crippen LogP contribution < -0.4 is 9.80 Å². The fourth-order valence-electron chi connectivity index (χ4n) is 1.47. The number of carbonyl (C=O) groups excluding carboxylic acids is 2. The van der Waals surface area contributed by atoms with E-state index >= 15 is 0 Å². The monoisotopic (exact) mass is 297 g/mol. The Morgan fingerprint density at radius 1 is 0.950 bits per heavy atom. The average Bonchev–Trinajstić information content (AvgIpc) is 2.35. The van der Waals surface area contributed by atoms with Crippen LogP contribution in [0.1, 0.15) is 13.8 Å². The lowest BCUT2D eigenvalue weighted by molar-refractivity contribution is -0.117. The highest BCUT2D eigenvalue weighted by molar-refractivity contribution is 7.61. The Hall–Kier alpha value is -2.22. The molecule has 8 heteroatoms. The van der Waals surface area contributed by atoms with Gasteiger partial charge in [-0.2, -0.15) is 8.42 Å². The van der Waals surface area contributed by atoms with Gasteiger partial charge in [-0.25, -0.2) is 0 Å². The fourth-order valence-corrected chi connectivity index (χ4v) is 1.75. The van der Waals surface area contributed by atoms with Crippen LogP contribution in [0.5, 0.6) is 0 Å². The van der Waals surface area contributed by atoms with E-state index in [4.69, 9.17) is 0 Å². The smallest absolute Gasteiger partial charge is 0.316 e. The molecule has 2 amide bonds. The van der Waals surface area contributed by atoms with Gasteiger partial charge in [0.25, 0.3) is 0 Å². The first-order valence-electron chi connectivity index (χ1n) is 5.67. The number of hydrogen-bond acceptors (Lipinski definition) is 5. The molecule has 1 rings (SSSR count). The first kappa shape index (κ1) is 15.8. The summed E-state index contributed by atoms with van der Waals surface area (Å²) in [4.78, 5) is 25.4. The maximum atomic E-state index is 11.4. The van der Waals surface area contributed by atoms with Crippen molar-refractivity contribution in [2.45, 2.75) is 13.8 Å². The van der Waals surface area contributed by atoms with Crippen LogP contribution in [0.2, 0.25) is 0 Å². The molecule has 20 heavy (non-hydrogen) atoms. The van der Waals surface area contributed by atoms with Crippen LogP contribution in [0.4, 0.5) is 17.1 Å². The zero-order chi connectivity index (χ0) is 15.4. The Balaban J connectivity index is 3.46. The van der Waals surface area contributed by atoms with Gasteiger partial charge in [-0.15, -0.1) is 4.36 Å². The van der Waals surface area contributed by atoms with Gasteiger partial charge in [0, 0.05) is 39.3 Å². The van der Waals surface area contributed by atoms with Crippen molar-refractivity contribution in [1.29, 1.82) is 0 Å². The van der Waals surface area contributed by atoms with Crippen LogP contribution >= 0.6 is 0 Å². The molecule has 0 spiro atoms. The lowest BCUT2D eigenvalue weighted by Crippen LogP contribution is -2.25. The van der Waals surface area contributed by atoms with Crippen LogP contribution in [0, 0.1) is 0 Å². The maximum absolute atomic E-state index is 11.4. The van der Waals surface area contributed by atoms with Crippen molar-refractivity contribution in [3.8, 4) is 0 Å². The molecule has 0 aliphatic carbocycles. The van der Waals surface area contributed by atoms with Gasteiger partial charge in [-0.3, -0.25) is 9.59 Å². The van der Waals surface area contributed by atoms with Gasteiger partial charge in [0.05, 0.1) is 5.69 Å². The third kappa shape index (κ3) is 3.89. The van der Waals surface area contributed by atoms with Crippen LogP contribution in [0.15, 0.2) is 22.6 Å². The summed E-state index contributed by atoms with van der Waals surface area (Å²) in [5, 5.41) is 0. The average molecular weight is 297 g/mol. The molecule has 0 radical (unpaired) electrons. The van der Waals surface area contributed by atoms with Crippen molar-refractivity contribution >= 4 is 39.4 Å². The minimum atomic E-state index is -2.61. The fraction of sp³-hybridized carbons (Fsp3) is 0.333. The predicted molar refractivity (Wildman–Crippen MR) is 75.6 cm³/mol. The highest BCUT2D eigenvalue weighted by Gasteiger charge is 2.12. The lowest BCUT2D eigenvalue weighted by Gasteiger charge is -2.20. The van der Waals surface area contributed by atoms with E-state index in [2.05, 4.69) is 4.36 Å². The molecule has 0 N–H and O–H groups in total. The first-order valence-corrected chi connectivity index (χ1v) is 6.70. The van der Waals surface area contributed by atoms with Gasteiger partial charge in [-0.05, 0) is 18.2 Å². The molecule has 0 bridgehead atoms. The van der Waals surface area contributed by atoms with Gasteiger partial charge in [-0.1, -0.05) is 0 Å². The standard InChI is InChI=1S/C12H15N3O4S/c1-8(16)14(3)11-5-10(13-20(18)19)6-12(7-11)15(4)9(2)17/h5-7H,1-4H3. The third-order valence-corrected chi connectivity index (χ3v) is 3.15. The molecule has 1 aromatic rings. The van der Waals surface area contributed by atoms with Gasteiger partial charge >= 0.3 is 10.5 Å². The largest absolute Gasteiger partial charge is 0.316 e. The van der Waals surface area contributed by atoms with E-state index in [1.165, 1.54) is 35.8 Å². The number of hydrogen-bond donors (Lipinski definition) is 0. The molecule has 7 nitrogen and oxygen atoms in total. The van der Waals surface area contributed by atoms with Crippen molar-refractivity contribution in [3.63, 3.8) is 0 Å².